The van der Waals surface area contributed by atoms with Crippen molar-refractivity contribution in [1.29, 1.82) is 5.26 Å². The normalized spacial score (nSPS) is 30.6. The Hall–Kier alpha value is -2.62. The first-order valence-corrected chi connectivity index (χ1v) is 10.1. The molecule has 1 saturated carbocycles. The number of hydrogen-bond acceptors (Lipinski definition) is 5. The molecule has 0 unspecified atom stereocenters. The number of aliphatic imine (C=N–C) groups is 1. The molecular formula is C21H26FN5O. The van der Waals surface area contributed by atoms with E-state index in [0.29, 0.717) is 11.9 Å². The molecule has 0 bridgehead atoms. The fourth-order valence-electron chi connectivity index (χ4n) is 4.55. The lowest BCUT2D eigenvalue weighted by atomic mass is 9.70. The van der Waals surface area contributed by atoms with E-state index in [4.69, 9.17) is 4.99 Å². The third-order valence-corrected chi connectivity index (χ3v) is 6.40. The van der Waals surface area contributed by atoms with Gasteiger partial charge >= 0.3 is 0 Å². The number of amides is 1. The number of piperazine rings is 1. The highest BCUT2D eigenvalue weighted by Gasteiger charge is 2.49. The van der Waals surface area contributed by atoms with Gasteiger partial charge in [0.2, 0.25) is 11.9 Å². The quantitative estimate of drug-likeness (QED) is 0.809. The highest BCUT2D eigenvalue weighted by Crippen LogP contribution is 2.41. The number of nitrogens with one attached hydrogen (secondary N) is 1. The number of anilines is 1. The molecule has 148 valence electrons. The molecule has 1 aromatic rings. The van der Waals surface area contributed by atoms with Crippen LogP contribution in [0.25, 0.3) is 0 Å². The molecule has 1 N–H and O–H groups in total. The van der Waals surface area contributed by atoms with Crippen LogP contribution < -0.4 is 10.2 Å². The first kappa shape index (κ1) is 18.7. The minimum absolute atomic E-state index is 0.219. The number of nitrogens with zero attached hydrogens (tertiary/aromatic N) is 4. The zero-order valence-electron chi connectivity index (χ0n) is 16.2. The van der Waals surface area contributed by atoms with Crippen LogP contribution in [0.4, 0.5) is 10.1 Å². The Morgan fingerprint density at radius 3 is 2.36 bits per heavy atom. The van der Waals surface area contributed by atoms with E-state index in [0.717, 1.165) is 57.5 Å². The van der Waals surface area contributed by atoms with E-state index in [-0.39, 0.29) is 11.7 Å². The van der Waals surface area contributed by atoms with Gasteiger partial charge in [0.15, 0.2) is 5.92 Å². The van der Waals surface area contributed by atoms with E-state index in [9.17, 15) is 14.4 Å². The van der Waals surface area contributed by atoms with E-state index < -0.39 is 11.5 Å². The minimum atomic E-state index is -0.704. The van der Waals surface area contributed by atoms with E-state index in [2.05, 4.69) is 28.1 Å². The van der Waals surface area contributed by atoms with Gasteiger partial charge in [-0.2, -0.15) is 5.26 Å². The van der Waals surface area contributed by atoms with Gasteiger partial charge in [0, 0.05) is 31.9 Å². The lowest BCUT2D eigenvalue weighted by molar-refractivity contribution is -0.125. The van der Waals surface area contributed by atoms with Gasteiger partial charge in [0.05, 0.1) is 11.6 Å². The van der Waals surface area contributed by atoms with Crippen molar-refractivity contribution in [2.24, 2.45) is 16.8 Å². The summed E-state index contributed by atoms with van der Waals surface area (Å²) >= 11 is 0. The Morgan fingerprint density at radius 1 is 1.14 bits per heavy atom. The number of halogens is 1. The van der Waals surface area contributed by atoms with Crippen molar-refractivity contribution in [3.05, 3.63) is 30.1 Å². The maximum Gasteiger partial charge on any atom is 0.246 e. The van der Waals surface area contributed by atoms with Crippen LogP contribution in [0.2, 0.25) is 0 Å². The number of carbonyl (C=O) groups excluding carboxylic acids is 1. The van der Waals surface area contributed by atoms with Crippen LogP contribution in [-0.4, -0.2) is 48.5 Å². The van der Waals surface area contributed by atoms with Crippen LogP contribution in [0.1, 0.15) is 32.6 Å². The third-order valence-electron chi connectivity index (χ3n) is 6.40. The monoisotopic (exact) mass is 383 g/mol. The summed E-state index contributed by atoms with van der Waals surface area (Å²) in [4.78, 5) is 21.9. The van der Waals surface area contributed by atoms with Crippen LogP contribution >= 0.6 is 0 Å². The average Bonchev–Trinajstić information content (AvgIpc) is 2.71. The molecule has 1 amide bonds. The van der Waals surface area contributed by atoms with Crippen LogP contribution in [-0.2, 0) is 4.79 Å². The van der Waals surface area contributed by atoms with E-state index in [1.165, 1.54) is 12.1 Å². The molecule has 28 heavy (non-hydrogen) atoms. The number of benzene rings is 1. The predicted octanol–water partition coefficient (Wildman–Crippen LogP) is 2.52. The van der Waals surface area contributed by atoms with Gasteiger partial charge in [0.1, 0.15) is 5.82 Å². The summed E-state index contributed by atoms with van der Waals surface area (Å²) in [6.07, 6.45) is 3.58. The topological polar surface area (TPSA) is 71.7 Å². The lowest BCUT2D eigenvalue weighted by Crippen LogP contribution is -2.60. The second-order valence-electron chi connectivity index (χ2n) is 8.22. The summed E-state index contributed by atoms with van der Waals surface area (Å²) in [6.45, 7) is 5.20. The second kappa shape index (κ2) is 7.42. The van der Waals surface area contributed by atoms with Crippen molar-refractivity contribution >= 4 is 17.6 Å². The molecule has 6 nitrogen and oxygen atoms in total. The summed E-state index contributed by atoms with van der Waals surface area (Å²) in [7, 11) is 0. The molecule has 2 fully saturated rings. The third kappa shape index (κ3) is 3.44. The van der Waals surface area contributed by atoms with Crippen LogP contribution in [0.3, 0.4) is 0 Å². The van der Waals surface area contributed by atoms with Crippen molar-refractivity contribution in [3.8, 4) is 6.07 Å². The minimum Gasteiger partial charge on any atom is -0.368 e. The van der Waals surface area contributed by atoms with Gasteiger partial charge in [-0.1, -0.05) is 6.92 Å². The number of carbonyl (C=O) groups is 1. The fraction of sp³-hybridized carbons (Fsp3) is 0.571. The van der Waals surface area contributed by atoms with E-state index in [1.807, 2.05) is 0 Å². The summed E-state index contributed by atoms with van der Waals surface area (Å²) in [5.74, 6) is 0.0748. The lowest BCUT2D eigenvalue weighted by Gasteiger charge is -2.44. The van der Waals surface area contributed by atoms with Crippen molar-refractivity contribution in [1.82, 2.24) is 10.2 Å². The molecule has 2 aliphatic heterocycles. The Labute approximate surface area is 165 Å². The molecule has 1 saturated heterocycles. The Bertz CT molecular complexity index is 799. The molecular weight excluding hydrogens is 357 g/mol. The van der Waals surface area contributed by atoms with Gasteiger partial charge in [0.25, 0.3) is 0 Å². The van der Waals surface area contributed by atoms with Crippen LogP contribution in [0.15, 0.2) is 29.3 Å². The highest BCUT2D eigenvalue weighted by molar-refractivity contribution is 6.02. The van der Waals surface area contributed by atoms with Gasteiger partial charge in [-0.15, -0.1) is 0 Å². The predicted molar refractivity (Wildman–Crippen MR) is 105 cm³/mol. The Balaban J connectivity index is 1.49. The molecule has 2 heterocycles. The van der Waals surface area contributed by atoms with E-state index in [1.54, 1.807) is 12.1 Å². The molecule has 0 radical (unpaired) electrons. The van der Waals surface area contributed by atoms with Crippen LogP contribution in [0, 0.1) is 29.0 Å². The van der Waals surface area contributed by atoms with Gasteiger partial charge < -0.3 is 9.80 Å². The number of rotatable bonds is 1. The summed E-state index contributed by atoms with van der Waals surface area (Å²) < 4.78 is 13.1. The molecule has 3 aliphatic rings. The van der Waals surface area contributed by atoms with Gasteiger partial charge in [-0.05, 0) is 55.9 Å². The molecule has 1 spiro atoms. The summed E-state index contributed by atoms with van der Waals surface area (Å²) in [5.41, 5.74) is 0.422. The zero-order chi connectivity index (χ0) is 19.7. The highest BCUT2D eigenvalue weighted by atomic mass is 19.1. The summed E-state index contributed by atoms with van der Waals surface area (Å²) in [5, 5.41) is 12.5. The number of nitriles is 1. The van der Waals surface area contributed by atoms with Gasteiger partial charge in [-0.3, -0.25) is 10.1 Å². The first-order chi connectivity index (χ1) is 13.5. The van der Waals surface area contributed by atoms with Crippen LogP contribution in [0.5, 0.6) is 0 Å². The molecule has 1 aliphatic carbocycles. The number of hydrogen-bond donors (Lipinski definition) is 1. The molecule has 1 atom stereocenters. The fourth-order valence-corrected chi connectivity index (χ4v) is 4.55. The maximum atomic E-state index is 13.1. The van der Waals surface area contributed by atoms with E-state index >= 15 is 0 Å². The zero-order valence-corrected chi connectivity index (χ0v) is 16.2. The number of guanidine groups is 1. The smallest absolute Gasteiger partial charge is 0.246 e. The molecule has 4 rings (SSSR count). The average molecular weight is 383 g/mol. The van der Waals surface area contributed by atoms with Crippen molar-refractivity contribution in [3.63, 3.8) is 0 Å². The first-order valence-electron chi connectivity index (χ1n) is 10.1. The van der Waals surface area contributed by atoms with Gasteiger partial charge in [-0.25, -0.2) is 9.38 Å². The standard InChI is InChI=1S/C21H26FN5O/c1-15-6-8-21(9-7-15)18(14-23)19(28)24-20(25-21)27-12-10-26(11-13-27)17-4-2-16(22)3-5-17/h2-5,15,18H,6-13H2,1H3,(H,24,25,28)/t15?,18-,21?/m0/s1. The van der Waals surface area contributed by atoms with Crippen molar-refractivity contribution in [2.75, 3.05) is 31.1 Å². The SMILES string of the molecule is CC1CCC2(CC1)N=C(N1CCN(c3ccc(F)cc3)CC1)NC(=O)[C@@H]2C#N. The van der Waals surface area contributed by atoms with Crippen molar-refractivity contribution in [2.45, 2.75) is 38.1 Å². The summed E-state index contributed by atoms with van der Waals surface area (Å²) in [6, 6.07) is 8.74. The molecule has 7 heteroatoms. The molecule has 0 aromatic heterocycles. The molecule has 1 aromatic carbocycles. The van der Waals surface area contributed by atoms with Crippen molar-refractivity contribution < 1.29 is 9.18 Å². The Morgan fingerprint density at radius 2 is 1.75 bits per heavy atom. The maximum absolute atomic E-state index is 13.1. The Kier molecular flexibility index (Phi) is 4.96. The second-order valence-corrected chi connectivity index (χ2v) is 8.22. The largest absolute Gasteiger partial charge is 0.368 e.